The lowest BCUT2D eigenvalue weighted by molar-refractivity contribution is -0.117. The molecule has 2 rings (SSSR count). The van der Waals surface area contributed by atoms with Crippen LogP contribution in [0.15, 0.2) is 48.5 Å². The second-order valence-corrected chi connectivity index (χ2v) is 5.16. The van der Waals surface area contributed by atoms with E-state index in [2.05, 4.69) is 5.32 Å². The Morgan fingerprint density at radius 3 is 2.39 bits per heavy atom. The van der Waals surface area contributed by atoms with Crippen LogP contribution in [0.2, 0.25) is 0 Å². The molecule has 3 N–H and O–H groups in total. The fourth-order valence-corrected chi connectivity index (χ4v) is 2.11. The van der Waals surface area contributed by atoms with E-state index in [1.807, 2.05) is 31.2 Å². The molecule has 0 saturated heterocycles. The van der Waals surface area contributed by atoms with Crippen LogP contribution in [0, 0.1) is 0 Å². The number of nitrogens with two attached hydrogens (primary N) is 1. The van der Waals surface area contributed by atoms with Crippen molar-refractivity contribution < 1.29 is 14.3 Å². The molecule has 0 aromatic heterocycles. The highest BCUT2D eigenvalue weighted by atomic mass is 16.5. The van der Waals surface area contributed by atoms with Crippen molar-refractivity contribution in [3.63, 3.8) is 0 Å². The summed E-state index contributed by atoms with van der Waals surface area (Å²) in [5, 5.41) is 2.80. The zero-order chi connectivity index (χ0) is 16.7. The van der Waals surface area contributed by atoms with Gasteiger partial charge in [-0.1, -0.05) is 25.5 Å². The van der Waals surface area contributed by atoms with Crippen molar-refractivity contribution in [1.29, 1.82) is 0 Å². The van der Waals surface area contributed by atoms with E-state index >= 15 is 0 Å². The van der Waals surface area contributed by atoms with Crippen LogP contribution in [-0.2, 0) is 4.79 Å². The molecule has 0 spiro atoms. The van der Waals surface area contributed by atoms with Crippen LogP contribution in [0.5, 0.6) is 17.2 Å². The minimum Gasteiger partial charge on any atom is -0.493 e. The predicted octanol–water partition coefficient (Wildman–Crippen LogP) is 3.55. The quantitative estimate of drug-likeness (QED) is 0.819. The second-order valence-electron chi connectivity index (χ2n) is 5.16. The number of hydrogen-bond donors (Lipinski definition) is 2. The highest BCUT2D eigenvalue weighted by molar-refractivity contribution is 5.94. The number of carbonyl (C=O) groups is 1. The summed E-state index contributed by atoms with van der Waals surface area (Å²) >= 11 is 0. The Balaban J connectivity index is 2.01. The zero-order valence-electron chi connectivity index (χ0n) is 13.4. The largest absolute Gasteiger partial charge is 0.493 e. The molecule has 0 heterocycles. The number of anilines is 1. The van der Waals surface area contributed by atoms with Gasteiger partial charge in [0.2, 0.25) is 5.91 Å². The average molecular weight is 314 g/mol. The number of amides is 1. The molecule has 2 aromatic rings. The number of methoxy groups -OCH3 is 1. The van der Waals surface area contributed by atoms with Gasteiger partial charge < -0.3 is 20.5 Å². The molecule has 1 amide bonds. The molecule has 0 aliphatic heterocycles. The minimum absolute atomic E-state index is 0.176. The fraction of sp³-hybridized carbons (Fsp3) is 0.278. The van der Waals surface area contributed by atoms with Crippen LogP contribution in [-0.4, -0.2) is 19.1 Å². The van der Waals surface area contributed by atoms with Crippen LogP contribution in [0.25, 0.3) is 0 Å². The Morgan fingerprint density at radius 1 is 1.13 bits per heavy atom. The Morgan fingerprint density at radius 2 is 1.78 bits per heavy atom. The van der Waals surface area contributed by atoms with Crippen molar-refractivity contribution in [3.05, 3.63) is 48.5 Å². The van der Waals surface area contributed by atoms with Crippen LogP contribution >= 0.6 is 0 Å². The van der Waals surface area contributed by atoms with Gasteiger partial charge in [0.1, 0.15) is 5.75 Å². The summed E-state index contributed by atoms with van der Waals surface area (Å²) in [6, 6.07) is 14.1. The maximum absolute atomic E-state index is 11.9. The van der Waals surface area contributed by atoms with Gasteiger partial charge in [-0.25, -0.2) is 0 Å². The number of hydrogen-bond acceptors (Lipinski definition) is 4. The molecule has 5 nitrogen and oxygen atoms in total. The summed E-state index contributed by atoms with van der Waals surface area (Å²) in [5.74, 6) is 1.78. The summed E-state index contributed by atoms with van der Waals surface area (Å²) in [7, 11) is 1.60. The van der Waals surface area contributed by atoms with E-state index in [0.717, 1.165) is 6.42 Å². The first-order valence-electron chi connectivity index (χ1n) is 7.61. The standard InChI is InChI=1S/C18H22N2O3/c1-3-6-15(19)18(21)20-13-9-11-14(12-10-13)23-17-8-5-4-7-16(17)22-2/h4-5,7-12,15H,3,6,19H2,1-2H3,(H,20,21). The maximum atomic E-state index is 11.9. The number of nitrogens with one attached hydrogen (secondary N) is 1. The molecule has 0 bridgehead atoms. The van der Waals surface area contributed by atoms with Gasteiger partial charge >= 0.3 is 0 Å². The molecule has 0 aliphatic carbocycles. The third-order valence-corrected chi connectivity index (χ3v) is 3.36. The summed E-state index contributed by atoms with van der Waals surface area (Å²) in [5.41, 5.74) is 6.48. The molecule has 0 radical (unpaired) electrons. The molecule has 122 valence electrons. The van der Waals surface area contributed by atoms with E-state index < -0.39 is 6.04 Å². The Labute approximate surface area is 136 Å². The lowest BCUT2D eigenvalue weighted by Gasteiger charge is -2.12. The molecule has 5 heteroatoms. The number of rotatable bonds is 7. The van der Waals surface area contributed by atoms with Crippen LogP contribution in [0.3, 0.4) is 0 Å². The van der Waals surface area contributed by atoms with Gasteiger partial charge in [-0.15, -0.1) is 0 Å². The van der Waals surface area contributed by atoms with Crippen molar-refractivity contribution >= 4 is 11.6 Å². The molecular weight excluding hydrogens is 292 g/mol. The van der Waals surface area contributed by atoms with E-state index in [-0.39, 0.29) is 5.91 Å². The Kier molecular flexibility index (Phi) is 6.00. The first-order valence-corrected chi connectivity index (χ1v) is 7.61. The average Bonchev–Trinajstić information content (AvgIpc) is 2.57. The lowest BCUT2D eigenvalue weighted by atomic mass is 10.1. The van der Waals surface area contributed by atoms with Gasteiger partial charge in [-0.3, -0.25) is 4.79 Å². The van der Waals surface area contributed by atoms with Crippen molar-refractivity contribution in [1.82, 2.24) is 0 Å². The molecule has 1 unspecified atom stereocenters. The number of benzene rings is 2. The van der Waals surface area contributed by atoms with Gasteiger partial charge in [0, 0.05) is 5.69 Å². The van der Waals surface area contributed by atoms with Gasteiger partial charge in [0.05, 0.1) is 13.2 Å². The van der Waals surface area contributed by atoms with E-state index in [4.69, 9.17) is 15.2 Å². The summed E-state index contributed by atoms with van der Waals surface area (Å²) in [4.78, 5) is 11.9. The number of para-hydroxylation sites is 2. The predicted molar refractivity (Wildman–Crippen MR) is 91.0 cm³/mol. The monoisotopic (exact) mass is 314 g/mol. The lowest BCUT2D eigenvalue weighted by Crippen LogP contribution is -2.35. The van der Waals surface area contributed by atoms with Gasteiger partial charge in [0.15, 0.2) is 11.5 Å². The molecule has 1 atom stereocenters. The molecule has 0 fully saturated rings. The summed E-state index contributed by atoms with van der Waals surface area (Å²) < 4.78 is 11.0. The summed E-state index contributed by atoms with van der Waals surface area (Å²) in [6.07, 6.45) is 1.54. The highest BCUT2D eigenvalue weighted by Crippen LogP contribution is 2.31. The van der Waals surface area contributed by atoms with Crippen molar-refractivity contribution in [2.75, 3.05) is 12.4 Å². The third kappa shape index (κ3) is 4.72. The van der Waals surface area contributed by atoms with Gasteiger partial charge in [-0.05, 0) is 42.8 Å². The smallest absolute Gasteiger partial charge is 0.241 e. The fourth-order valence-electron chi connectivity index (χ4n) is 2.11. The zero-order valence-corrected chi connectivity index (χ0v) is 13.4. The van der Waals surface area contributed by atoms with E-state index in [0.29, 0.717) is 29.4 Å². The van der Waals surface area contributed by atoms with Crippen molar-refractivity contribution in [3.8, 4) is 17.2 Å². The SMILES string of the molecule is CCCC(N)C(=O)Nc1ccc(Oc2ccccc2OC)cc1. The molecule has 2 aromatic carbocycles. The normalized spacial score (nSPS) is 11.6. The Hall–Kier alpha value is -2.53. The van der Waals surface area contributed by atoms with Crippen LogP contribution in [0.4, 0.5) is 5.69 Å². The van der Waals surface area contributed by atoms with Gasteiger partial charge in [0.25, 0.3) is 0 Å². The third-order valence-electron chi connectivity index (χ3n) is 3.36. The first kappa shape index (κ1) is 16.8. The number of carbonyl (C=O) groups excluding carboxylic acids is 1. The van der Waals surface area contributed by atoms with Crippen LogP contribution in [0.1, 0.15) is 19.8 Å². The maximum Gasteiger partial charge on any atom is 0.241 e. The molecule has 23 heavy (non-hydrogen) atoms. The number of ether oxygens (including phenoxy) is 2. The van der Waals surface area contributed by atoms with Crippen molar-refractivity contribution in [2.45, 2.75) is 25.8 Å². The summed E-state index contributed by atoms with van der Waals surface area (Å²) in [6.45, 7) is 2.00. The molecular formula is C18H22N2O3. The Bertz CT molecular complexity index is 641. The first-order chi connectivity index (χ1) is 11.1. The van der Waals surface area contributed by atoms with Crippen molar-refractivity contribution in [2.24, 2.45) is 5.73 Å². The topological polar surface area (TPSA) is 73.6 Å². The van der Waals surface area contributed by atoms with E-state index in [1.165, 1.54) is 0 Å². The molecule has 0 saturated carbocycles. The minimum atomic E-state index is -0.482. The van der Waals surface area contributed by atoms with Crippen LogP contribution < -0.4 is 20.5 Å². The van der Waals surface area contributed by atoms with E-state index in [1.54, 1.807) is 31.4 Å². The molecule has 0 aliphatic rings. The second kappa shape index (κ2) is 8.19. The van der Waals surface area contributed by atoms with E-state index in [9.17, 15) is 4.79 Å². The van der Waals surface area contributed by atoms with Gasteiger partial charge in [-0.2, -0.15) is 0 Å². The highest BCUT2D eigenvalue weighted by Gasteiger charge is 2.12.